The van der Waals surface area contributed by atoms with Gasteiger partial charge >= 0.3 is 0 Å². The minimum absolute atomic E-state index is 0.119. The van der Waals surface area contributed by atoms with Gasteiger partial charge in [0.1, 0.15) is 5.56 Å². The minimum Gasteiger partial charge on any atom is -0.370 e. The standard InChI is InChI=1S/C16H17N3O2/c20-15-7-8-17-11-12(15)16(21)18-13-5-1-2-6-14(13)19-9-3-4-10-19/h1-2,5-8,11H,3-4,9-10H2,(H,17,20)(H,18,21). The van der Waals surface area contributed by atoms with Gasteiger partial charge in [0.2, 0.25) is 0 Å². The SMILES string of the molecule is O=C(Nc1ccccc1N1CCCC1)c1c[nH]ccc1=O. The lowest BCUT2D eigenvalue weighted by Gasteiger charge is -2.21. The molecule has 1 amide bonds. The monoisotopic (exact) mass is 283 g/mol. The second-order valence-corrected chi connectivity index (χ2v) is 5.09. The molecule has 108 valence electrons. The molecule has 0 unspecified atom stereocenters. The van der Waals surface area contributed by atoms with E-state index in [2.05, 4.69) is 15.2 Å². The highest BCUT2D eigenvalue weighted by molar-refractivity contribution is 6.05. The van der Waals surface area contributed by atoms with E-state index in [1.807, 2.05) is 24.3 Å². The van der Waals surface area contributed by atoms with Crippen LogP contribution in [0.15, 0.2) is 47.5 Å². The second kappa shape index (κ2) is 5.83. The number of carbonyl (C=O) groups excluding carboxylic acids is 1. The molecule has 2 heterocycles. The van der Waals surface area contributed by atoms with Crippen molar-refractivity contribution in [3.05, 3.63) is 58.5 Å². The van der Waals surface area contributed by atoms with Crippen LogP contribution in [0.3, 0.4) is 0 Å². The molecule has 1 saturated heterocycles. The highest BCUT2D eigenvalue weighted by Gasteiger charge is 2.17. The number of hydrogen-bond acceptors (Lipinski definition) is 3. The number of aromatic amines is 1. The zero-order chi connectivity index (χ0) is 14.7. The van der Waals surface area contributed by atoms with Gasteiger partial charge in [-0.3, -0.25) is 9.59 Å². The lowest BCUT2D eigenvalue weighted by Crippen LogP contribution is -2.24. The largest absolute Gasteiger partial charge is 0.370 e. The normalized spacial score (nSPS) is 14.2. The van der Waals surface area contributed by atoms with Crippen LogP contribution in [0, 0.1) is 0 Å². The summed E-state index contributed by atoms with van der Waals surface area (Å²) < 4.78 is 0. The van der Waals surface area contributed by atoms with Crippen LogP contribution in [0.2, 0.25) is 0 Å². The number of pyridine rings is 1. The first-order valence-corrected chi connectivity index (χ1v) is 7.08. The molecule has 21 heavy (non-hydrogen) atoms. The molecular formula is C16H17N3O2. The summed E-state index contributed by atoms with van der Waals surface area (Å²) in [5.74, 6) is -0.386. The number of nitrogens with zero attached hydrogens (tertiary/aromatic N) is 1. The van der Waals surface area contributed by atoms with Crippen molar-refractivity contribution >= 4 is 17.3 Å². The Morgan fingerprint density at radius 1 is 1.14 bits per heavy atom. The Labute approximate surface area is 122 Å². The molecule has 1 aliphatic heterocycles. The first-order valence-electron chi connectivity index (χ1n) is 7.08. The number of carbonyl (C=O) groups is 1. The average molecular weight is 283 g/mol. The summed E-state index contributed by atoms with van der Waals surface area (Å²) in [6.45, 7) is 2.00. The van der Waals surface area contributed by atoms with Crippen LogP contribution in [0.5, 0.6) is 0 Å². The van der Waals surface area contributed by atoms with E-state index in [4.69, 9.17) is 0 Å². The van der Waals surface area contributed by atoms with Gasteiger partial charge < -0.3 is 15.2 Å². The number of hydrogen-bond donors (Lipinski definition) is 2. The maximum atomic E-state index is 12.3. The van der Waals surface area contributed by atoms with Crippen LogP contribution in [0.25, 0.3) is 0 Å². The molecule has 1 fully saturated rings. The van der Waals surface area contributed by atoms with Crippen LogP contribution < -0.4 is 15.6 Å². The van der Waals surface area contributed by atoms with Crippen molar-refractivity contribution in [3.8, 4) is 0 Å². The van der Waals surface area contributed by atoms with Gasteiger partial charge in [-0.15, -0.1) is 0 Å². The van der Waals surface area contributed by atoms with Crippen molar-refractivity contribution in [3.63, 3.8) is 0 Å². The van der Waals surface area contributed by atoms with Gasteiger partial charge in [0.25, 0.3) is 5.91 Å². The molecule has 1 aromatic heterocycles. The first kappa shape index (κ1) is 13.4. The van der Waals surface area contributed by atoms with Gasteiger partial charge in [-0.2, -0.15) is 0 Å². The van der Waals surface area contributed by atoms with Gasteiger partial charge in [-0.1, -0.05) is 12.1 Å². The van der Waals surface area contributed by atoms with E-state index in [9.17, 15) is 9.59 Å². The third kappa shape index (κ3) is 2.81. The number of H-pyrrole nitrogens is 1. The van der Waals surface area contributed by atoms with Crippen molar-refractivity contribution in [2.75, 3.05) is 23.3 Å². The zero-order valence-corrected chi connectivity index (χ0v) is 11.6. The summed E-state index contributed by atoms with van der Waals surface area (Å²) in [5.41, 5.74) is 1.59. The highest BCUT2D eigenvalue weighted by Crippen LogP contribution is 2.28. The predicted molar refractivity (Wildman–Crippen MR) is 82.9 cm³/mol. The highest BCUT2D eigenvalue weighted by atomic mass is 16.2. The molecule has 0 atom stereocenters. The van der Waals surface area contributed by atoms with E-state index in [1.165, 1.54) is 31.3 Å². The lowest BCUT2D eigenvalue weighted by atomic mass is 10.2. The summed E-state index contributed by atoms with van der Waals surface area (Å²) >= 11 is 0. The van der Waals surface area contributed by atoms with Crippen LogP contribution in [0.4, 0.5) is 11.4 Å². The van der Waals surface area contributed by atoms with E-state index in [-0.39, 0.29) is 16.9 Å². The first-order chi connectivity index (χ1) is 10.3. The Balaban J connectivity index is 1.87. The lowest BCUT2D eigenvalue weighted by molar-refractivity contribution is 0.102. The van der Waals surface area contributed by atoms with E-state index >= 15 is 0 Å². The average Bonchev–Trinajstić information content (AvgIpc) is 3.02. The number of rotatable bonds is 3. The van der Waals surface area contributed by atoms with Crippen LogP contribution >= 0.6 is 0 Å². The second-order valence-electron chi connectivity index (χ2n) is 5.09. The van der Waals surface area contributed by atoms with Crippen LogP contribution in [-0.2, 0) is 0 Å². The number of benzene rings is 1. The summed E-state index contributed by atoms with van der Waals surface area (Å²) in [4.78, 5) is 29.0. The fourth-order valence-electron chi connectivity index (χ4n) is 2.60. The number of nitrogens with one attached hydrogen (secondary N) is 2. The number of aromatic nitrogens is 1. The molecule has 0 aliphatic carbocycles. The van der Waals surface area contributed by atoms with E-state index in [0.29, 0.717) is 0 Å². The molecule has 2 aromatic rings. The molecule has 1 aromatic carbocycles. The molecule has 0 spiro atoms. The van der Waals surface area contributed by atoms with Crippen molar-refractivity contribution in [2.45, 2.75) is 12.8 Å². The van der Waals surface area contributed by atoms with Gasteiger partial charge in [0.15, 0.2) is 5.43 Å². The van der Waals surface area contributed by atoms with Gasteiger partial charge in [0, 0.05) is 31.5 Å². The maximum absolute atomic E-state index is 12.3. The van der Waals surface area contributed by atoms with Gasteiger partial charge in [-0.25, -0.2) is 0 Å². The Hall–Kier alpha value is -2.56. The molecule has 1 aliphatic rings. The summed E-state index contributed by atoms with van der Waals surface area (Å²) in [6.07, 6.45) is 5.27. The van der Waals surface area contributed by atoms with Crippen molar-refractivity contribution in [1.82, 2.24) is 4.98 Å². The van der Waals surface area contributed by atoms with Crippen LogP contribution in [-0.4, -0.2) is 24.0 Å². The zero-order valence-electron chi connectivity index (χ0n) is 11.6. The van der Waals surface area contributed by atoms with Gasteiger partial charge in [0.05, 0.1) is 11.4 Å². The van der Waals surface area contributed by atoms with Crippen molar-refractivity contribution in [2.24, 2.45) is 0 Å². The van der Waals surface area contributed by atoms with Crippen molar-refractivity contribution < 1.29 is 4.79 Å². The number of amides is 1. The van der Waals surface area contributed by atoms with E-state index in [0.717, 1.165) is 24.5 Å². The Kier molecular flexibility index (Phi) is 3.73. The van der Waals surface area contributed by atoms with Crippen LogP contribution in [0.1, 0.15) is 23.2 Å². The van der Waals surface area contributed by atoms with E-state index in [1.54, 1.807) is 0 Å². The Morgan fingerprint density at radius 3 is 2.67 bits per heavy atom. The third-order valence-corrected chi connectivity index (χ3v) is 3.67. The fourth-order valence-corrected chi connectivity index (χ4v) is 2.60. The molecule has 3 rings (SSSR count). The molecular weight excluding hydrogens is 266 g/mol. The Morgan fingerprint density at radius 2 is 1.90 bits per heavy atom. The molecule has 5 nitrogen and oxygen atoms in total. The topological polar surface area (TPSA) is 65.2 Å². The Bertz CT molecular complexity index is 702. The third-order valence-electron chi connectivity index (χ3n) is 3.67. The predicted octanol–water partition coefficient (Wildman–Crippen LogP) is 2.23. The molecule has 0 radical (unpaired) electrons. The summed E-state index contributed by atoms with van der Waals surface area (Å²) in [5, 5.41) is 2.84. The summed E-state index contributed by atoms with van der Waals surface area (Å²) in [6, 6.07) is 9.04. The molecule has 0 bridgehead atoms. The summed E-state index contributed by atoms with van der Waals surface area (Å²) in [7, 11) is 0. The molecule has 0 saturated carbocycles. The maximum Gasteiger partial charge on any atom is 0.261 e. The van der Waals surface area contributed by atoms with E-state index < -0.39 is 0 Å². The fraction of sp³-hybridized carbons (Fsp3) is 0.250. The molecule has 5 heteroatoms. The molecule has 2 N–H and O–H groups in total. The quantitative estimate of drug-likeness (QED) is 0.908. The minimum atomic E-state index is -0.386. The number of anilines is 2. The number of para-hydroxylation sites is 2. The van der Waals surface area contributed by atoms with Crippen molar-refractivity contribution in [1.29, 1.82) is 0 Å². The van der Waals surface area contributed by atoms with Gasteiger partial charge in [-0.05, 0) is 25.0 Å². The smallest absolute Gasteiger partial charge is 0.261 e.